The Labute approximate surface area is 286 Å². The zero-order chi connectivity index (χ0) is 32.6. The van der Waals surface area contributed by atoms with E-state index in [1.54, 1.807) is 0 Å². The Balaban J connectivity index is 0.968. The number of hydrogen-bond acceptors (Lipinski definition) is 6. The highest BCUT2D eigenvalue weighted by molar-refractivity contribution is 7.22. The first kappa shape index (κ1) is 30.1. The number of fused-ring (bicyclic) bond motifs is 2. The molecule has 4 aliphatic carbocycles. The third kappa shape index (κ3) is 5.24. The number of para-hydroxylation sites is 1. The summed E-state index contributed by atoms with van der Waals surface area (Å²) in [4.78, 5) is 25.9. The molecule has 0 radical (unpaired) electrons. The molecule has 0 unspecified atom stereocenters. The van der Waals surface area contributed by atoms with Crippen molar-refractivity contribution in [1.29, 1.82) is 0 Å². The molecule has 5 aromatic rings. The van der Waals surface area contributed by atoms with E-state index in [-0.39, 0.29) is 11.8 Å². The van der Waals surface area contributed by atoms with Gasteiger partial charge in [0.2, 0.25) is 0 Å². The molecule has 1 aliphatic heterocycles. The lowest BCUT2D eigenvalue weighted by Gasteiger charge is -2.56. The fourth-order valence-corrected chi connectivity index (χ4v) is 10.9. The van der Waals surface area contributed by atoms with Crippen molar-refractivity contribution >= 4 is 38.4 Å². The molecule has 7 nitrogen and oxygen atoms in total. The van der Waals surface area contributed by atoms with Gasteiger partial charge < -0.3 is 4.90 Å². The van der Waals surface area contributed by atoms with Crippen LogP contribution in [0.1, 0.15) is 91.2 Å². The zero-order valence-corrected chi connectivity index (χ0v) is 29.0. The SMILES string of the molecule is Cc1c(-c2ccc(N3CCc4cccc(C(=O)Nc5nc6ccccc6s5)c4C3)nc2C(C)C)cnn1CC12CC3CC(CC(C3)C1)C2. The number of amides is 1. The van der Waals surface area contributed by atoms with Crippen molar-refractivity contribution in [2.75, 3.05) is 16.8 Å². The number of anilines is 2. The van der Waals surface area contributed by atoms with Crippen LogP contribution in [0.4, 0.5) is 10.9 Å². The first-order chi connectivity index (χ1) is 23.3. The van der Waals surface area contributed by atoms with Gasteiger partial charge in [0.1, 0.15) is 5.82 Å². The number of hydrogen-bond donors (Lipinski definition) is 1. The molecule has 4 heterocycles. The van der Waals surface area contributed by atoms with Gasteiger partial charge >= 0.3 is 0 Å². The van der Waals surface area contributed by atoms with Crippen molar-refractivity contribution in [3.63, 3.8) is 0 Å². The Morgan fingerprint density at radius 1 is 0.958 bits per heavy atom. The fourth-order valence-electron chi connectivity index (χ4n) is 10.1. The highest BCUT2D eigenvalue weighted by Crippen LogP contribution is 2.60. The van der Waals surface area contributed by atoms with Gasteiger partial charge in [0, 0.05) is 42.0 Å². The molecular weight excluding hydrogens is 613 g/mol. The molecule has 2 aromatic carbocycles. The van der Waals surface area contributed by atoms with Crippen molar-refractivity contribution in [1.82, 2.24) is 19.7 Å². The van der Waals surface area contributed by atoms with Crippen molar-refractivity contribution in [3.05, 3.63) is 88.9 Å². The molecule has 0 saturated heterocycles. The molecular formula is C40H44N6OS. The van der Waals surface area contributed by atoms with Crippen LogP contribution in [-0.4, -0.2) is 32.2 Å². The summed E-state index contributed by atoms with van der Waals surface area (Å²) in [5.74, 6) is 3.95. The molecule has 0 spiro atoms. The molecule has 4 bridgehead atoms. The zero-order valence-electron chi connectivity index (χ0n) is 28.2. The molecule has 8 heteroatoms. The Kier molecular flexibility index (Phi) is 7.22. The summed E-state index contributed by atoms with van der Waals surface area (Å²) in [5.41, 5.74) is 9.12. The van der Waals surface area contributed by atoms with Gasteiger partial charge in [-0.3, -0.25) is 14.8 Å². The van der Waals surface area contributed by atoms with E-state index in [9.17, 15) is 4.79 Å². The first-order valence-electron chi connectivity index (χ1n) is 17.9. The molecule has 4 fully saturated rings. The van der Waals surface area contributed by atoms with Gasteiger partial charge in [-0.1, -0.05) is 49.4 Å². The summed E-state index contributed by atoms with van der Waals surface area (Å²) >= 11 is 1.51. The van der Waals surface area contributed by atoms with E-state index >= 15 is 0 Å². The van der Waals surface area contributed by atoms with Gasteiger partial charge in [0.05, 0.1) is 22.1 Å². The number of pyridine rings is 1. The highest BCUT2D eigenvalue weighted by Gasteiger charge is 2.51. The standard InChI is InChI=1S/C40H44N6OS/c1-24(2)37-30(32-21-41-46(25(32)3)23-40-18-26-15-27(19-40)17-28(16-26)20-40)11-12-36(43-37)45-14-13-29-7-6-8-31(33(29)22-45)38(47)44-39-42-34-9-4-5-10-35(34)48-39/h4-12,21,24,26-28H,13-20,22-23H2,1-3H3,(H,42,44,47). The van der Waals surface area contributed by atoms with E-state index < -0.39 is 0 Å². The second-order valence-corrected chi connectivity index (χ2v) is 16.6. The number of benzene rings is 2. The average molecular weight is 657 g/mol. The minimum absolute atomic E-state index is 0.111. The monoisotopic (exact) mass is 656 g/mol. The van der Waals surface area contributed by atoms with Crippen LogP contribution >= 0.6 is 11.3 Å². The van der Waals surface area contributed by atoms with Crippen LogP contribution in [0.5, 0.6) is 0 Å². The largest absolute Gasteiger partial charge is 0.352 e. The molecule has 3 aromatic heterocycles. The Morgan fingerprint density at radius 3 is 2.48 bits per heavy atom. The van der Waals surface area contributed by atoms with Gasteiger partial charge in [0.15, 0.2) is 5.13 Å². The molecule has 1 amide bonds. The van der Waals surface area contributed by atoms with Crippen LogP contribution in [0.25, 0.3) is 21.3 Å². The van der Waals surface area contributed by atoms with E-state index in [1.807, 2.05) is 36.4 Å². The number of carbonyl (C=O) groups excluding carboxylic acids is 1. The highest BCUT2D eigenvalue weighted by atomic mass is 32.1. The maximum atomic E-state index is 13.6. The lowest BCUT2D eigenvalue weighted by molar-refractivity contribution is -0.0638. The molecule has 48 heavy (non-hydrogen) atoms. The van der Waals surface area contributed by atoms with Crippen molar-refractivity contribution < 1.29 is 4.79 Å². The summed E-state index contributed by atoms with van der Waals surface area (Å²) < 4.78 is 3.39. The molecule has 4 saturated carbocycles. The van der Waals surface area contributed by atoms with Crippen LogP contribution in [-0.2, 0) is 19.5 Å². The lowest BCUT2D eigenvalue weighted by atomic mass is 9.49. The Hall–Kier alpha value is -4.04. The quantitative estimate of drug-likeness (QED) is 0.189. The minimum Gasteiger partial charge on any atom is -0.352 e. The van der Waals surface area contributed by atoms with E-state index in [4.69, 9.17) is 10.1 Å². The van der Waals surface area contributed by atoms with E-state index in [2.05, 4.69) is 65.0 Å². The minimum atomic E-state index is -0.111. The van der Waals surface area contributed by atoms with Gasteiger partial charge in [0.25, 0.3) is 5.91 Å². The van der Waals surface area contributed by atoms with Crippen LogP contribution in [0.2, 0.25) is 0 Å². The number of aromatic nitrogens is 4. The normalized spacial score (nSPS) is 24.4. The van der Waals surface area contributed by atoms with Crippen molar-refractivity contribution in [2.24, 2.45) is 23.2 Å². The first-order valence-corrected chi connectivity index (χ1v) is 18.7. The van der Waals surface area contributed by atoms with Crippen LogP contribution < -0.4 is 10.2 Å². The maximum Gasteiger partial charge on any atom is 0.257 e. The molecule has 246 valence electrons. The Bertz CT molecular complexity index is 1970. The summed E-state index contributed by atoms with van der Waals surface area (Å²) in [7, 11) is 0. The van der Waals surface area contributed by atoms with E-state index in [0.717, 1.165) is 64.6 Å². The number of rotatable bonds is 7. The van der Waals surface area contributed by atoms with E-state index in [1.165, 1.54) is 72.2 Å². The predicted molar refractivity (Wildman–Crippen MR) is 194 cm³/mol. The molecule has 1 N–H and O–H groups in total. The average Bonchev–Trinajstić information content (AvgIpc) is 3.65. The fraction of sp³-hybridized carbons (Fsp3) is 0.450. The summed E-state index contributed by atoms with van der Waals surface area (Å²) in [6.07, 6.45) is 11.6. The third-order valence-corrected chi connectivity index (χ3v) is 12.8. The number of nitrogens with zero attached hydrogens (tertiary/aromatic N) is 5. The van der Waals surface area contributed by atoms with Crippen LogP contribution in [0.15, 0.2) is 60.8 Å². The molecule has 5 aliphatic rings. The predicted octanol–water partition coefficient (Wildman–Crippen LogP) is 9.02. The van der Waals surface area contributed by atoms with Gasteiger partial charge in [-0.2, -0.15) is 5.10 Å². The summed E-state index contributed by atoms with van der Waals surface area (Å²) in [6, 6.07) is 18.5. The topological polar surface area (TPSA) is 75.9 Å². The lowest BCUT2D eigenvalue weighted by Crippen LogP contribution is -2.48. The number of thiazole rings is 1. The molecule has 10 rings (SSSR count). The number of nitrogens with one attached hydrogen (secondary N) is 1. The van der Waals surface area contributed by atoms with Gasteiger partial charge in [-0.05, 0) is 122 Å². The van der Waals surface area contributed by atoms with Crippen molar-refractivity contribution in [2.45, 2.75) is 84.7 Å². The van der Waals surface area contributed by atoms with Gasteiger partial charge in [-0.15, -0.1) is 0 Å². The van der Waals surface area contributed by atoms with Crippen LogP contribution in [0.3, 0.4) is 0 Å². The van der Waals surface area contributed by atoms with Gasteiger partial charge in [-0.25, -0.2) is 9.97 Å². The smallest absolute Gasteiger partial charge is 0.257 e. The van der Waals surface area contributed by atoms with E-state index in [0.29, 0.717) is 22.7 Å². The molecule has 0 atom stereocenters. The van der Waals surface area contributed by atoms with Crippen LogP contribution in [0, 0.1) is 30.1 Å². The maximum absolute atomic E-state index is 13.6. The number of carbonyl (C=O) groups is 1. The summed E-state index contributed by atoms with van der Waals surface area (Å²) in [6.45, 7) is 9.30. The third-order valence-electron chi connectivity index (χ3n) is 11.9. The van der Waals surface area contributed by atoms with Crippen molar-refractivity contribution in [3.8, 4) is 11.1 Å². The second-order valence-electron chi connectivity index (χ2n) is 15.5. The summed E-state index contributed by atoms with van der Waals surface area (Å²) in [5, 5.41) is 8.71. The second kappa shape index (κ2) is 11.5. The Morgan fingerprint density at radius 2 is 1.73 bits per heavy atom.